The van der Waals surface area contributed by atoms with Crippen molar-refractivity contribution in [1.29, 1.82) is 0 Å². The summed E-state index contributed by atoms with van der Waals surface area (Å²) in [5, 5.41) is 6.55. The lowest BCUT2D eigenvalue weighted by Crippen LogP contribution is -2.54. The topological polar surface area (TPSA) is 61.4 Å². The van der Waals surface area contributed by atoms with Crippen molar-refractivity contribution < 1.29 is 9.59 Å². The second-order valence-corrected chi connectivity index (χ2v) is 7.88. The number of carbonyl (C=O) groups excluding carboxylic acids is 2. The highest BCUT2D eigenvalue weighted by Crippen LogP contribution is 2.21. The Morgan fingerprint density at radius 2 is 2.00 bits per heavy atom. The second kappa shape index (κ2) is 8.03. The van der Waals surface area contributed by atoms with Crippen LogP contribution in [0.2, 0.25) is 0 Å². The molecule has 0 aliphatic carbocycles. The highest BCUT2D eigenvalue weighted by molar-refractivity contribution is 7.99. The van der Waals surface area contributed by atoms with Gasteiger partial charge in [-0.1, -0.05) is 30.3 Å². The Labute approximate surface area is 148 Å². The summed E-state index contributed by atoms with van der Waals surface area (Å²) in [5.41, 5.74) is 0.962. The van der Waals surface area contributed by atoms with Crippen LogP contribution in [0, 0.1) is 0 Å². The first-order valence-corrected chi connectivity index (χ1v) is 9.41. The van der Waals surface area contributed by atoms with Crippen molar-refractivity contribution in [3.05, 3.63) is 35.9 Å². The van der Waals surface area contributed by atoms with Crippen LogP contribution in [0.1, 0.15) is 39.3 Å². The van der Waals surface area contributed by atoms with Crippen LogP contribution in [0.15, 0.2) is 30.3 Å². The van der Waals surface area contributed by atoms with Gasteiger partial charge in [0, 0.05) is 30.8 Å². The van der Waals surface area contributed by atoms with Gasteiger partial charge in [-0.15, -0.1) is 11.8 Å². The molecular weight excluding hydrogens is 322 g/mol. The van der Waals surface area contributed by atoms with E-state index in [2.05, 4.69) is 43.5 Å². The first-order valence-electron chi connectivity index (χ1n) is 8.25. The second-order valence-electron chi connectivity index (χ2n) is 6.88. The first-order chi connectivity index (χ1) is 11.3. The summed E-state index contributed by atoms with van der Waals surface area (Å²) in [5.74, 6) is 1.15. The Morgan fingerprint density at radius 1 is 1.33 bits per heavy atom. The summed E-state index contributed by atoms with van der Waals surface area (Å²) in [4.78, 5) is 25.6. The molecule has 2 rings (SSSR count). The van der Waals surface area contributed by atoms with E-state index in [-0.39, 0.29) is 29.4 Å². The van der Waals surface area contributed by atoms with Gasteiger partial charge in [0.1, 0.15) is 6.04 Å². The zero-order chi connectivity index (χ0) is 17.7. The van der Waals surface area contributed by atoms with Crippen molar-refractivity contribution in [2.24, 2.45) is 0 Å². The van der Waals surface area contributed by atoms with Gasteiger partial charge in [0.15, 0.2) is 0 Å². The summed E-state index contributed by atoms with van der Waals surface area (Å²) in [6.45, 7) is 8.27. The Balaban J connectivity index is 1.87. The smallest absolute Gasteiger partial charge is 0.243 e. The van der Waals surface area contributed by atoms with Crippen molar-refractivity contribution in [1.82, 2.24) is 15.5 Å². The molecule has 132 valence electrons. The van der Waals surface area contributed by atoms with Crippen LogP contribution in [0.3, 0.4) is 0 Å². The monoisotopic (exact) mass is 349 g/mol. The molecule has 0 bridgehead atoms. The van der Waals surface area contributed by atoms with Crippen LogP contribution in [0.25, 0.3) is 0 Å². The predicted octanol–water partition coefficient (Wildman–Crippen LogP) is 2.15. The highest BCUT2D eigenvalue weighted by atomic mass is 32.2. The molecule has 1 aliphatic heterocycles. The Bertz CT molecular complexity index is 577. The third-order valence-electron chi connectivity index (χ3n) is 4.20. The molecule has 1 aromatic carbocycles. The average molecular weight is 350 g/mol. The fourth-order valence-corrected chi connectivity index (χ4v) is 4.08. The normalized spacial score (nSPS) is 19.2. The van der Waals surface area contributed by atoms with E-state index in [4.69, 9.17) is 0 Å². The Kier molecular flexibility index (Phi) is 6.29. The maximum Gasteiger partial charge on any atom is 0.243 e. The summed E-state index contributed by atoms with van der Waals surface area (Å²) in [6, 6.07) is 10.1. The molecule has 2 amide bonds. The van der Waals surface area contributed by atoms with Gasteiger partial charge in [-0.05, 0) is 26.3 Å². The van der Waals surface area contributed by atoms with Crippen LogP contribution >= 0.6 is 11.8 Å². The lowest BCUT2D eigenvalue weighted by molar-refractivity contribution is -0.136. The largest absolute Gasteiger partial charge is 0.352 e. The van der Waals surface area contributed by atoms with Gasteiger partial charge in [-0.3, -0.25) is 9.59 Å². The van der Waals surface area contributed by atoms with E-state index >= 15 is 0 Å². The van der Waals surface area contributed by atoms with E-state index in [1.807, 2.05) is 18.2 Å². The van der Waals surface area contributed by atoms with E-state index in [0.717, 1.165) is 0 Å². The van der Waals surface area contributed by atoms with Gasteiger partial charge in [0.25, 0.3) is 0 Å². The first kappa shape index (κ1) is 18.8. The van der Waals surface area contributed by atoms with E-state index in [1.165, 1.54) is 12.5 Å². The van der Waals surface area contributed by atoms with Crippen LogP contribution in [0.5, 0.6) is 0 Å². The fraction of sp³-hybridized carbons (Fsp3) is 0.556. The Hall–Kier alpha value is -1.53. The molecule has 2 N–H and O–H groups in total. The molecule has 5 nitrogen and oxygen atoms in total. The molecule has 0 radical (unpaired) electrons. The standard InChI is InChI=1S/C18H27N3O2S/c1-13(15-8-6-5-7-9-15)20-18(3,4)11-19-17(23)16-10-24-12-21(16)14(2)22/h5-9,13,16,20H,10-12H2,1-4H3,(H,19,23)/t13-,16-/m0/s1. The van der Waals surface area contributed by atoms with Crippen molar-refractivity contribution >= 4 is 23.6 Å². The van der Waals surface area contributed by atoms with Gasteiger partial charge in [-0.25, -0.2) is 0 Å². The quantitative estimate of drug-likeness (QED) is 0.826. The summed E-state index contributed by atoms with van der Waals surface area (Å²) < 4.78 is 0. The van der Waals surface area contributed by atoms with Gasteiger partial charge >= 0.3 is 0 Å². The number of amides is 2. The highest BCUT2D eigenvalue weighted by Gasteiger charge is 2.33. The number of hydrogen-bond acceptors (Lipinski definition) is 4. The summed E-state index contributed by atoms with van der Waals surface area (Å²) in [7, 11) is 0. The molecule has 1 fully saturated rings. The fourth-order valence-electron chi connectivity index (χ4n) is 2.86. The molecule has 1 aliphatic rings. The maximum absolute atomic E-state index is 12.4. The number of rotatable bonds is 6. The van der Waals surface area contributed by atoms with Crippen LogP contribution in [-0.2, 0) is 9.59 Å². The zero-order valence-corrected chi connectivity index (χ0v) is 15.7. The molecule has 1 heterocycles. The van der Waals surface area contributed by atoms with Crippen molar-refractivity contribution in [2.45, 2.75) is 45.3 Å². The minimum absolute atomic E-state index is 0.0461. The number of hydrogen-bond donors (Lipinski definition) is 2. The SMILES string of the molecule is CC(=O)N1CSC[C@H]1C(=O)NCC(C)(C)N[C@@H](C)c1ccccc1. The third kappa shape index (κ3) is 4.98. The molecule has 2 atom stereocenters. The van der Waals surface area contributed by atoms with Gasteiger partial charge < -0.3 is 15.5 Å². The third-order valence-corrected chi connectivity index (χ3v) is 5.21. The Morgan fingerprint density at radius 3 is 2.62 bits per heavy atom. The van der Waals surface area contributed by atoms with Gasteiger partial charge in [0.2, 0.25) is 11.8 Å². The van der Waals surface area contributed by atoms with Crippen molar-refractivity contribution in [2.75, 3.05) is 18.2 Å². The van der Waals surface area contributed by atoms with Crippen LogP contribution in [-0.4, -0.2) is 46.5 Å². The molecule has 1 aromatic rings. The molecule has 0 spiro atoms. The lowest BCUT2D eigenvalue weighted by atomic mass is 10.0. The molecular formula is C18H27N3O2S. The molecule has 0 saturated carbocycles. The lowest BCUT2D eigenvalue weighted by Gasteiger charge is -2.32. The summed E-state index contributed by atoms with van der Waals surface area (Å²) >= 11 is 1.62. The van der Waals surface area contributed by atoms with Gasteiger partial charge in [0.05, 0.1) is 5.88 Å². The predicted molar refractivity (Wildman–Crippen MR) is 98.7 cm³/mol. The molecule has 1 saturated heterocycles. The number of thioether (sulfide) groups is 1. The minimum atomic E-state index is -0.352. The molecule has 6 heteroatoms. The van der Waals surface area contributed by atoms with Crippen molar-refractivity contribution in [3.8, 4) is 0 Å². The van der Waals surface area contributed by atoms with Gasteiger partial charge in [-0.2, -0.15) is 0 Å². The van der Waals surface area contributed by atoms with Crippen LogP contribution in [0.4, 0.5) is 0 Å². The van der Waals surface area contributed by atoms with E-state index in [1.54, 1.807) is 16.7 Å². The van der Waals surface area contributed by atoms with E-state index in [9.17, 15) is 9.59 Å². The van der Waals surface area contributed by atoms with E-state index < -0.39 is 0 Å². The number of nitrogens with one attached hydrogen (secondary N) is 2. The average Bonchev–Trinajstić information content (AvgIpc) is 3.03. The summed E-state index contributed by atoms with van der Waals surface area (Å²) in [6.07, 6.45) is 0. The minimum Gasteiger partial charge on any atom is -0.352 e. The molecule has 0 aromatic heterocycles. The number of nitrogens with zero attached hydrogens (tertiary/aromatic N) is 1. The number of carbonyl (C=O) groups is 2. The molecule has 24 heavy (non-hydrogen) atoms. The zero-order valence-electron chi connectivity index (χ0n) is 14.8. The maximum atomic E-state index is 12.4. The number of benzene rings is 1. The van der Waals surface area contributed by atoms with Crippen molar-refractivity contribution in [3.63, 3.8) is 0 Å². The van der Waals surface area contributed by atoms with Crippen LogP contribution < -0.4 is 10.6 Å². The van der Waals surface area contributed by atoms with E-state index in [0.29, 0.717) is 18.2 Å². The molecule has 0 unspecified atom stereocenters.